The number of nitrogens with one attached hydrogen (secondary N) is 2. The van der Waals surface area contributed by atoms with E-state index >= 15 is 0 Å². The van der Waals surface area contributed by atoms with E-state index in [0.717, 1.165) is 34.1 Å². The monoisotopic (exact) mass is 347 g/mol. The summed E-state index contributed by atoms with van der Waals surface area (Å²) in [7, 11) is 1.63. The maximum absolute atomic E-state index is 13.3. The Hall–Kier alpha value is -3.21. The topological polar surface area (TPSA) is 57.4 Å². The molecule has 5 heteroatoms. The van der Waals surface area contributed by atoms with Crippen LogP contribution in [-0.4, -0.2) is 18.0 Å². The first kappa shape index (κ1) is 16.3. The zero-order chi connectivity index (χ0) is 18.3. The second kappa shape index (κ2) is 6.26. The Balaban J connectivity index is 1.85. The summed E-state index contributed by atoms with van der Waals surface area (Å²) in [4.78, 5) is 18.5. The second-order valence-electron chi connectivity index (χ2n) is 6.50. The predicted octanol–water partition coefficient (Wildman–Crippen LogP) is 4.41. The summed E-state index contributed by atoms with van der Waals surface area (Å²) in [5, 5.41) is 3.53. The molecule has 0 aliphatic carbocycles. The number of ether oxygens (including phenoxy) is 1. The number of methoxy groups -OCH3 is 1. The molecule has 1 aromatic heterocycles. The lowest BCUT2D eigenvalue weighted by atomic mass is 10.0. The minimum absolute atomic E-state index is 0.0206. The largest absolute Gasteiger partial charge is 0.497 e. The van der Waals surface area contributed by atoms with Crippen molar-refractivity contribution in [2.45, 2.75) is 20.0 Å². The van der Waals surface area contributed by atoms with Gasteiger partial charge in [0.15, 0.2) is 0 Å². The highest BCUT2D eigenvalue weighted by molar-refractivity contribution is 6.12. The van der Waals surface area contributed by atoms with Gasteiger partial charge in [-0.05, 0) is 56.3 Å². The number of benzene rings is 2. The number of nitrogens with zero attached hydrogens (tertiary/aromatic N) is 1. The number of carbonyl (C=O) groups is 1. The number of carbonyl (C=O) groups excluding carboxylic acids is 1. The van der Waals surface area contributed by atoms with Crippen LogP contribution in [0.15, 0.2) is 54.6 Å². The molecule has 132 valence electrons. The van der Waals surface area contributed by atoms with Crippen molar-refractivity contribution in [3.05, 3.63) is 77.1 Å². The van der Waals surface area contributed by atoms with Crippen molar-refractivity contribution in [2.75, 3.05) is 17.3 Å². The Kier molecular flexibility index (Phi) is 3.92. The summed E-state index contributed by atoms with van der Waals surface area (Å²) >= 11 is 0. The lowest BCUT2D eigenvalue weighted by Gasteiger charge is -2.38. The summed E-state index contributed by atoms with van der Waals surface area (Å²) < 4.78 is 5.25. The molecule has 2 heterocycles. The fourth-order valence-electron chi connectivity index (χ4n) is 3.51. The van der Waals surface area contributed by atoms with Crippen LogP contribution in [0.3, 0.4) is 0 Å². The van der Waals surface area contributed by atoms with E-state index in [1.54, 1.807) is 12.0 Å². The van der Waals surface area contributed by atoms with Crippen molar-refractivity contribution in [1.29, 1.82) is 0 Å². The normalized spacial score (nSPS) is 16.2. The van der Waals surface area contributed by atoms with Gasteiger partial charge in [-0.25, -0.2) is 0 Å². The number of hydrogen-bond acceptors (Lipinski definition) is 3. The van der Waals surface area contributed by atoms with Crippen LogP contribution in [0.2, 0.25) is 0 Å². The SMILES string of the molecule is COc1ccc(N2C(=O)c3ccccc3N[C@@H]2c2cc(C)[nH]c2C)cc1. The van der Waals surface area contributed by atoms with E-state index < -0.39 is 0 Å². The van der Waals surface area contributed by atoms with Crippen LogP contribution in [0, 0.1) is 13.8 Å². The number of aryl methyl sites for hydroxylation is 2. The van der Waals surface area contributed by atoms with Gasteiger partial charge in [0.05, 0.1) is 12.7 Å². The molecule has 5 nitrogen and oxygen atoms in total. The van der Waals surface area contributed by atoms with Crippen LogP contribution in [0.4, 0.5) is 11.4 Å². The number of anilines is 2. The molecule has 0 spiro atoms. The van der Waals surface area contributed by atoms with Crippen molar-refractivity contribution in [2.24, 2.45) is 0 Å². The summed E-state index contributed by atoms with van der Waals surface area (Å²) in [6.07, 6.45) is -0.282. The highest BCUT2D eigenvalue weighted by atomic mass is 16.5. The number of amides is 1. The van der Waals surface area contributed by atoms with Crippen LogP contribution in [0.1, 0.15) is 33.5 Å². The van der Waals surface area contributed by atoms with Crippen LogP contribution in [0.25, 0.3) is 0 Å². The van der Waals surface area contributed by atoms with Gasteiger partial charge in [0, 0.05) is 28.3 Å². The van der Waals surface area contributed by atoms with Gasteiger partial charge in [-0.2, -0.15) is 0 Å². The van der Waals surface area contributed by atoms with Crippen LogP contribution in [-0.2, 0) is 0 Å². The Labute approximate surface area is 152 Å². The van der Waals surface area contributed by atoms with Gasteiger partial charge in [-0.3, -0.25) is 9.69 Å². The van der Waals surface area contributed by atoms with Crippen LogP contribution >= 0.6 is 0 Å². The molecule has 0 fully saturated rings. The van der Waals surface area contributed by atoms with Crippen molar-refractivity contribution >= 4 is 17.3 Å². The molecule has 0 bridgehead atoms. The van der Waals surface area contributed by atoms with E-state index in [-0.39, 0.29) is 12.1 Å². The van der Waals surface area contributed by atoms with Crippen LogP contribution in [0.5, 0.6) is 5.75 Å². The number of hydrogen-bond donors (Lipinski definition) is 2. The number of para-hydroxylation sites is 1. The highest BCUT2D eigenvalue weighted by Gasteiger charge is 2.35. The first-order valence-electron chi connectivity index (χ1n) is 8.58. The first-order chi connectivity index (χ1) is 12.6. The number of fused-ring (bicyclic) bond motifs is 1. The zero-order valence-electron chi connectivity index (χ0n) is 15.0. The quantitative estimate of drug-likeness (QED) is 0.738. The fraction of sp³-hybridized carbons (Fsp3) is 0.190. The van der Waals surface area contributed by atoms with Gasteiger partial charge in [0.25, 0.3) is 5.91 Å². The van der Waals surface area contributed by atoms with Crippen LogP contribution < -0.4 is 15.0 Å². The number of aromatic nitrogens is 1. The van der Waals surface area contributed by atoms with E-state index in [1.807, 2.05) is 62.4 Å². The number of H-pyrrole nitrogens is 1. The molecule has 3 aromatic rings. The Morgan fingerprint density at radius 2 is 1.77 bits per heavy atom. The molecular formula is C21H21N3O2. The van der Waals surface area contributed by atoms with Gasteiger partial charge >= 0.3 is 0 Å². The maximum Gasteiger partial charge on any atom is 0.262 e. The Morgan fingerprint density at radius 3 is 2.42 bits per heavy atom. The number of aromatic amines is 1. The third-order valence-corrected chi connectivity index (χ3v) is 4.76. The lowest BCUT2D eigenvalue weighted by Crippen LogP contribution is -2.43. The first-order valence-corrected chi connectivity index (χ1v) is 8.58. The smallest absolute Gasteiger partial charge is 0.262 e. The van der Waals surface area contributed by atoms with Gasteiger partial charge < -0.3 is 15.0 Å². The molecule has 4 rings (SSSR count). The van der Waals surface area contributed by atoms with E-state index in [0.29, 0.717) is 5.56 Å². The standard InChI is InChI=1S/C21H21N3O2/c1-13-12-18(14(2)22-13)20-23-19-7-5-4-6-17(19)21(25)24(20)15-8-10-16(26-3)11-9-15/h4-12,20,22-23H,1-3H3/t20-/m0/s1. The van der Waals surface area contributed by atoms with Crippen molar-refractivity contribution in [3.8, 4) is 5.75 Å². The molecule has 0 saturated heterocycles. The molecule has 1 amide bonds. The van der Waals surface area contributed by atoms with Crippen molar-refractivity contribution < 1.29 is 9.53 Å². The molecule has 0 saturated carbocycles. The minimum Gasteiger partial charge on any atom is -0.497 e. The van der Waals surface area contributed by atoms with E-state index in [2.05, 4.69) is 16.4 Å². The molecule has 0 radical (unpaired) electrons. The average Bonchev–Trinajstić information content (AvgIpc) is 3.00. The summed E-state index contributed by atoms with van der Waals surface area (Å²) in [5.74, 6) is 0.740. The van der Waals surface area contributed by atoms with Gasteiger partial charge in [-0.1, -0.05) is 12.1 Å². The van der Waals surface area contributed by atoms with Gasteiger partial charge in [-0.15, -0.1) is 0 Å². The van der Waals surface area contributed by atoms with Gasteiger partial charge in [0.1, 0.15) is 11.9 Å². The third kappa shape index (κ3) is 2.62. The van der Waals surface area contributed by atoms with Gasteiger partial charge in [0.2, 0.25) is 0 Å². The minimum atomic E-state index is -0.282. The molecular weight excluding hydrogens is 326 g/mol. The van der Waals surface area contributed by atoms with E-state index in [4.69, 9.17) is 4.74 Å². The fourth-order valence-corrected chi connectivity index (χ4v) is 3.51. The van der Waals surface area contributed by atoms with E-state index in [9.17, 15) is 4.79 Å². The molecule has 1 aliphatic heterocycles. The molecule has 1 aliphatic rings. The highest BCUT2D eigenvalue weighted by Crippen LogP contribution is 2.38. The predicted molar refractivity (Wildman–Crippen MR) is 103 cm³/mol. The molecule has 26 heavy (non-hydrogen) atoms. The summed E-state index contributed by atoms with van der Waals surface area (Å²) in [6, 6.07) is 17.3. The molecule has 1 atom stereocenters. The number of rotatable bonds is 3. The zero-order valence-corrected chi connectivity index (χ0v) is 15.0. The van der Waals surface area contributed by atoms with E-state index in [1.165, 1.54) is 0 Å². The summed E-state index contributed by atoms with van der Waals surface area (Å²) in [6.45, 7) is 4.05. The second-order valence-corrected chi connectivity index (χ2v) is 6.50. The third-order valence-electron chi connectivity index (χ3n) is 4.76. The lowest BCUT2D eigenvalue weighted by molar-refractivity contribution is 0.0975. The van der Waals surface area contributed by atoms with Crippen molar-refractivity contribution in [1.82, 2.24) is 4.98 Å². The average molecular weight is 347 g/mol. The molecule has 2 N–H and O–H groups in total. The summed E-state index contributed by atoms with van der Waals surface area (Å²) in [5.41, 5.74) is 5.52. The van der Waals surface area contributed by atoms with Crippen molar-refractivity contribution in [3.63, 3.8) is 0 Å². The maximum atomic E-state index is 13.3. The Morgan fingerprint density at radius 1 is 1.04 bits per heavy atom. The Bertz CT molecular complexity index is 960. The molecule has 0 unspecified atom stereocenters. The molecule has 2 aromatic carbocycles.